The van der Waals surface area contributed by atoms with E-state index in [0.29, 0.717) is 5.92 Å². The van der Waals surface area contributed by atoms with E-state index in [1.807, 2.05) is 19.9 Å². The molecular formula is C15H21ClFN. The van der Waals surface area contributed by atoms with E-state index >= 15 is 0 Å². The van der Waals surface area contributed by atoms with Gasteiger partial charge in [0.2, 0.25) is 0 Å². The highest BCUT2D eigenvalue weighted by atomic mass is 35.5. The van der Waals surface area contributed by atoms with Crippen molar-refractivity contribution in [1.29, 1.82) is 0 Å². The first-order valence-electron chi connectivity index (χ1n) is 6.76. The molecule has 18 heavy (non-hydrogen) atoms. The number of hydrogen-bond donors (Lipinski definition) is 1. The molecule has 0 aliphatic carbocycles. The molecule has 1 aliphatic heterocycles. The molecule has 0 bridgehead atoms. The van der Waals surface area contributed by atoms with Crippen LogP contribution >= 0.6 is 11.6 Å². The molecule has 1 saturated heterocycles. The summed E-state index contributed by atoms with van der Waals surface area (Å²) >= 11 is 5.99. The van der Waals surface area contributed by atoms with E-state index in [-0.39, 0.29) is 16.8 Å². The van der Waals surface area contributed by atoms with Crippen molar-refractivity contribution in [3.05, 3.63) is 34.1 Å². The highest BCUT2D eigenvalue weighted by Crippen LogP contribution is 2.28. The lowest BCUT2D eigenvalue weighted by Crippen LogP contribution is -2.28. The summed E-state index contributed by atoms with van der Waals surface area (Å²) in [7, 11) is 0. The van der Waals surface area contributed by atoms with Crippen LogP contribution in [0, 0.1) is 11.7 Å². The van der Waals surface area contributed by atoms with Gasteiger partial charge in [0, 0.05) is 0 Å². The minimum atomic E-state index is -0.249. The van der Waals surface area contributed by atoms with E-state index in [4.69, 9.17) is 11.6 Å². The van der Waals surface area contributed by atoms with Crippen LogP contribution in [0.1, 0.15) is 43.7 Å². The molecule has 3 heteroatoms. The van der Waals surface area contributed by atoms with Crippen molar-refractivity contribution in [1.82, 2.24) is 5.32 Å². The molecular weight excluding hydrogens is 249 g/mol. The van der Waals surface area contributed by atoms with Crippen LogP contribution in [0.3, 0.4) is 0 Å². The summed E-state index contributed by atoms with van der Waals surface area (Å²) in [6, 6.07) is 3.79. The van der Waals surface area contributed by atoms with Gasteiger partial charge in [-0.1, -0.05) is 31.5 Å². The average molecular weight is 270 g/mol. The topological polar surface area (TPSA) is 12.0 Å². The van der Waals surface area contributed by atoms with Crippen LogP contribution in [-0.2, 0) is 6.42 Å². The number of rotatable bonds is 3. The predicted molar refractivity (Wildman–Crippen MR) is 74.8 cm³/mol. The molecule has 0 radical (unpaired) electrons. The third-order valence-electron chi connectivity index (χ3n) is 3.72. The summed E-state index contributed by atoms with van der Waals surface area (Å²) in [5.41, 5.74) is 1.92. The number of piperidine rings is 1. The molecule has 1 N–H and O–H groups in total. The standard InChI is InChI=1S/C15H21ClFN/c1-10(2)13-8-12(9-14(16)15(13)17)7-11-3-5-18-6-4-11/h8-11,18H,3-7H2,1-2H3. The summed E-state index contributed by atoms with van der Waals surface area (Å²) in [5, 5.41) is 3.63. The Labute approximate surface area is 114 Å². The van der Waals surface area contributed by atoms with Crippen LogP contribution in [0.25, 0.3) is 0 Å². The third kappa shape index (κ3) is 3.24. The maximum absolute atomic E-state index is 13.9. The summed E-state index contributed by atoms with van der Waals surface area (Å²) < 4.78 is 13.9. The Hall–Kier alpha value is -0.600. The predicted octanol–water partition coefficient (Wildman–Crippen LogP) is 4.14. The minimum Gasteiger partial charge on any atom is -0.317 e. The van der Waals surface area contributed by atoms with Gasteiger partial charge in [-0.3, -0.25) is 0 Å². The Morgan fingerprint density at radius 1 is 1.33 bits per heavy atom. The lowest BCUT2D eigenvalue weighted by Gasteiger charge is -2.23. The molecule has 0 aromatic heterocycles. The van der Waals surface area contributed by atoms with Gasteiger partial charge < -0.3 is 5.32 Å². The highest BCUT2D eigenvalue weighted by molar-refractivity contribution is 6.30. The molecule has 1 aromatic rings. The largest absolute Gasteiger partial charge is 0.317 e. The van der Waals surface area contributed by atoms with Gasteiger partial charge in [-0.25, -0.2) is 4.39 Å². The SMILES string of the molecule is CC(C)c1cc(CC2CCNCC2)cc(Cl)c1F. The van der Waals surface area contributed by atoms with Gasteiger partial charge in [-0.05, 0) is 61.4 Å². The quantitative estimate of drug-likeness (QED) is 0.869. The van der Waals surface area contributed by atoms with Gasteiger partial charge in [0.05, 0.1) is 5.02 Å². The molecule has 100 valence electrons. The van der Waals surface area contributed by atoms with Gasteiger partial charge >= 0.3 is 0 Å². The number of benzene rings is 1. The maximum Gasteiger partial charge on any atom is 0.145 e. The van der Waals surface area contributed by atoms with E-state index in [9.17, 15) is 4.39 Å². The molecule has 1 aliphatic rings. The Bertz CT molecular complexity index is 411. The van der Waals surface area contributed by atoms with E-state index in [1.165, 1.54) is 18.4 Å². The first-order valence-corrected chi connectivity index (χ1v) is 7.14. The van der Waals surface area contributed by atoms with Crippen molar-refractivity contribution >= 4 is 11.6 Å². The second-order valence-electron chi connectivity index (χ2n) is 5.53. The third-order valence-corrected chi connectivity index (χ3v) is 4.00. The average Bonchev–Trinajstić information content (AvgIpc) is 2.34. The van der Waals surface area contributed by atoms with Crippen LogP contribution < -0.4 is 5.32 Å². The second-order valence-corrected chi connectivity index (χ2v) is 5.94. The number of hydrogen-bond acceptors (Lipinski definition) is 1. The van der Waals surface area contributed by atoms with Crippen molar-refractivity contribution in [2.75, 3.05) is 13.1 Å². The van der Waals surface area contributed by atoms with Gasteiger partial charge in [-0.2, -0.15) is 0 Å². The zero-order valence-electron chi connectivity index (χ0n) is 11.1. The smallest absolute Gasteiger partial charge is 0.145 e. The molecule has 2 rings (SSSR count). The van der Waals surface area contributed by atoms with Crippen molar-refractivity contribution in [2.45, 2.75) is 39.0 Å². The minimum absolute atomic E-state index is 0.176. The lowest BCUT2D eigenvalue weighted by molar-refractivity contribution is 0.372. The molecule has 1 heterocycles. The second kappa shape index (κ2) is 6.03. The van der Waals surface area contributed by atoms with Crippen molar-refractivity contribution < 1.29 is 4.39 Å². The van der Waals surface area contributed by atoms with Crippen LogP contribution in [0.5, 0.6) is 0 Å². The molecule has 0 unspecified atom stereocenters. The Morgan fingerprint density at radius 3 is 2.61 bits per heavy atom. The molecule has 1 aromatic carbocycles. The van der Waals surface area contributed by atoms with E-state index in [2.05, 4.69) is 5.32 Å². The molecule has 0 atom stereocenters. The van der Waals surface area contributed by atoms with Crippen molar-refractivity contribution in [3.8, 4) is 0 Å². The summed E-state index contributed by atoms with van der Waals surface area (Å²) in [6.45, 7) is 6.19. The van der Waals surface area contributed by atoms with Crippen LogP contribution in [0.4, 0.5) is 4.39 Å². The maximum atomic E-state index is 13.9. The summed E-state index contributed by atoms with van der Waals surface area (Å²) in [4.78, 5) is 0. The fourth-order valence-corrected chi connectivity index (χ4v) is 2.88. The zero-order valence-corrected chi connectivity index (χ0v) is 11.9. The Balaban J connectivity index is 2.17. The molecule has 1 fully saturated rings. The van der Waals surface area contributed by atoms with Gasteiger partial charge in [0.1, 0.15) is 5.82 Å². The molecule has 1 nitrogen and oxygen atoms in total. The van der Waals surface area contributed by atoms with Crippen molar-refractivity contribution in [3.63, 3.8) is 0 Å². The summed E-state index contributed by atoms with van der Waals surface area (Å²) in [5.74, 6) is 0.629. The Kier molecular flexibility index (Phi) is 4.63. The van der Waals surface area contributed by atoms with E-state index in [1.54, 1.807) is 6.07 Å². The van der Waals surface area contributed by atoms with Crippen LogP contribution in [-0.4, -0.2) is 13.1 Å². The fourth-order valence-electron chi connectivity index (χ4n) is 2.63. The number of halogens is 2. The number of nitrogens with one attached hydrogen (secondary N) is 1. The zero-order chi connectivity index (χ0) is 13.1. The monoisotopic (exact) mass is 269 g/mol. The van der Waals surface area contributed by atoms with Gasteiger partial charge in [-0.15, -0.1) is 0 Å². The molecule has 0 amide bonds. The summed E-state index contributed by atoms with van der Waals surface area (Å²) in [6.07, 6.45) is 3.42. The molecule has 0 saturated carbocycles. The highest BCUT2D eigenvalue weighted by Gasteiger charge is 2.17. The lowest BCUT2D eigenvalue weighted by atomic mass is 9.89. The van der Waals surface area contributed by atoms with E-state index in [0.717, 1.165) is 25.1 Å². The van der Waals surface area contributed by atoms with Crippen LogP contribution in [0.2, 0.25) is 5.02 Å². The fraction of sp³-hybridized carbons (Fsp3) is 0.600. The van der Waals surface area contributed by atoms with Crippen LogP contribution in [0.15, 0.2) is 12.1 Å². The normalized spacial score (nSPS) is 17.4. The first-order chi connectivity index (χ1) is 8.58. The first kappa shape index (κ1) is 13.8. The Morgan fingerprint density at radius 2 is 2.00 bits per heavy atom. The molecule has 0 spiro atoms. The van der Waals surface area contributed by atoms with Gasteiger partial charge in [0.15, 0.2) is 0 Å². The van der Waals surface area contributed by atoms with Gasteiger partial charge in [0.25, 0.3) is 0 Å². The van der Waals surface area contributed by atoms with Crippen molar-refractivity contribution in [2.24, 2.45) is 5.92 Å². The van der Waals surface area contributed by atoms with E-state index < -0.39 is 0 Å².